The Morgan fingerprint density at radius 3 is 2.51 bits per heavy atom. The summed E-state index contributed by atoms with van der Waals surface area (Å²) in [5.74, 6) is 1.03. The molecule has 2 aliphatic heterocycles. The van der Waals surface area contributed by atoms with Crippen molar-refractivity contribution in [1.82, 2.24) is 24.2 Å². The first kappa shape index (κ1) is 32.2. The van der Waals surface area contributed by atoms with Gasteiger partial charge in [-0.3, -0.25) is 9.80 Å². The molecule has 1 atom stereocenters. The van der Waals surface area contributed by atoms with Crippen molar-refractivity contribution in [3.8, 4) is 11.5 Å². The van der Waals surface area contributed by atoms with Gasteiger partial charge in [0.25, 0.3) is 5.91 Å². The van der Waals surface area contributed by atoms with E-state index < -0.39 is 5.60 Å². The molecule has 1 fully saturated rings. The molecule has 1 unspecified atom stereocenters. The molecule has 0 spiro atoms. The zero-order chi connectivity index (χ0) is 33.5. The number of pyridine rings is 1. The van der Waals surface area contributed by atoms with Crippen molar-refractivity contribution < 1.29 is 19.1 Å². The molecule has 3 aromatic rings. The number of nitrogens with one attached hydrogen (secondary N) is 1. The Kier molecular flexibility index (Phi) is 8.74. The highest BCUT2D eigenvalue weighted by atomic mass is 16.6. The maximum atomic E-state index is 13.8. The highest BCUT2D eigenvalue weighted by Crippen LogP contribution is 2.35. The Morgan fingerprint density at radius 1 is 1.06 bits per heavy atom. The monoisotopic (exact) mass is 639 g/mol. The van der Waals surface area contributed by atoms with Crippen LogP contribution >= 0.6 is 0 Å². The number of allylic oxidation sites excluding steroid dienone is 2. The van der Waals surface area contributed by atoms with E-state index in [4.69, 9.17) is 14.6 Å². The van der Waals surface area contributed by atoms with Crippen molar-refractivity contribution in [3.05, 3.63) is 77.4 Å². The van der Waals surface area contributed by atoms with Crippen LogP contribution in [0.2, 0.25) is 0 Å². The molecule has 1 aliphatic carbocycles. The number of carbonyl (C=O) groups excluding carboxylic acids is 2. The molecule has 6 rings (SSSR count). The predicted molar refractivity (Wildman–Crippen MR) is 183 cm³/mol. The molecular formula is C36H45N7O4. The molecule has 1 saturated heterocycles. The first-order valence-electron chi connectivity index (χ1n) is 16.4. The molecule has 3 aliphatic rings. The van der Waals surface area contributed by atoms with Gasteiger partial charge in [0.15, 0.2) is 11.4 Å². The number of nitrogens with zero attached hydrogens (tertiary/aromatic N) is 6. The smallest absolute Gasteiger partial charge is 0.410 e. The van der Waals surface area contributed by atoms with E-state index in [1.807, 2.05) is 112 Å². The summed E-state index contributed by atoms with van der Waals surface area (Å²) in [7, 11) is 1.94. The third-order valence-corrected chi connectivity index (χ3v) is 8.80. The van der Waals surface area contributed by atoms with Crippen LogP contribution in [-0.4, -0.2) is 86.8 Å². The summed E-state index contributed by atoms with van der Waals surface area (Å²) in [6, 6.07) is 9.76. The maximum absolute atomic E-state index is 13.8. The lowest BCUT2D eigenvalue weighted by molar-refractivity contribution is -0.112. The molecule has 0 saturated carbocycles. The van der Waals surface area contributed by atoms with E-state index in [-0.39, 0.29) is 24.0 Å². The fourth-order valence-corrected chi connectivity index (χ4v) is 6.62. The number of piperidine rings is 1. The Hall–Kier alpha value is -4.80. The summed E-state index contributed by atoms with van der Waals surface area (Å²) >= 11 is 0. The third kappa shape index (κ3) is 6.84. The minimum Gasteiger partial charge on any atom is -0.453 e. The van der Waals surface area contributed by atoms with Gasteiger partial charge in [0.1, 0.15) is 11.4 Å². The molecule has 2 amide bonds. The molecule has 0 radical (unpaired) electrons. The second kappa shape index (κ2) is 12.8. The van der Waals surface area contributed by atoms with E-state index in [0.29, 0.717) is 35.7 Å². The fourth-order valence-electron chi connectivity index (χ4n) is 6.62. The fraction of sp³-hybridized carbons (Fsp3) is 0.444. The van der Waals surface area contributed by atoms with Gasteiger partial charge in [0.05, 0.1) is 28.6 Å². The Labute approximate surface area is 276 Å². The molecule has 4 heterocycles. The average molecular weight is 640 g/mol. The number of benzene rings is 1. The molecule has 2 aromatic heterocycles. The number of fused-ring (bicyclic) bond motifs is 2. The number of aromatic nitrogens is 2. The van der Waals surface area contributed by atoms with Gasteiger partial charge in [0.2, 0.25) is 0 Å². The zero-order valence-corrected chi connectivity index (χ0v) is 28.4. The topological polar surface area (TPSA) is 104 Å². The zero-order valence-electron chi connectivity index (χ0n) is 28.4. The van der Waals surface area contributed by atoms with Crippen LogP contribution in [0.25, 0.3) is 5.65 Å². The van der Waals surface area contributed by atoms with Gasteiger partial charge in [-0.15, -0.1) is 0 Å². The van der Waals surface area contributed by atoms with Crippen LogP contribution in [0.3, 0.4) is 0 Å². The van der Waals surface area contributed by atoms with E-state index in [9.17, 15) is 9.59 Å². The third-order valence-electron chi connectivity index (χ3n) is 8.80. The number of imidazole rings is 1. The van der Waals surface area contributed by atoms with Crippen LogP contribution in [0.4, 0.5) is 10.5 Å². The number of amides is 2. The van der Waals surface area contributed by atoms with Gasteiger partial charge in [-0.05, 0) is 78.2 Å². The van der Waals surface area contributed by atoms with Gasteiger partial charge < -0.3 is 29.0 Å². The quantitative estimate of drug-likeness (QED) is 0.331. The number of hydrazone groups is 1. The van der Waals surface area contributed by atoms with Crippen LogP contribution in [0, 0.1) is 19.8 Å². The van der Waals surface area contributed by atoms with E-state index in [2.05, 4.69) is 21.3 Å². The molecule has 1 N–H and O–H groups in total. The molecule has 11 nitrogen and oxygen atoms in total. The molecule has 11 heteroatoms. The highest BCUT2D eigenvalue weighted by Gasteiger charge is 2.39. The normalized spacial score (nSPS) is 18.4. The number of ether oxygens (including phenoxy) is 2. The largest absolute Gasteiger partial charge is 0.453 e. The van der Waals surface area contributed by atoms with Gasteiger partial charge in [-0.2, -0.15) is 5.10 Å². The van der Waals surface area contributed by atoms with Gasteiger partial charge in [-0.1, -0.05) is 18.2 Å². The standard InChI is InChI=1S/C36H45N7O4/c1-8-43(35(45)47-36(4,5)6)26-15-17-41(18-16-26)29-14-13-27(32-28(29)22-40(7)39-32)34(44)38-25-19-31(33-37-24(3)20-42(33)21-25)46-30-12-10-9-11-23(30)2/h9-14,19-21,26,28H,8,15-18,22H2,1-7H3,(H,38,44). The first-order chi connectivity index (χ1) is 22.4. The van der Waals surface area contributed by atoms with Crippen molar-refractivity contribution in [1.29, 1.82) is 0 Å². The van der Waals surface area contributed by atoms with E-state index in [0.717, 1.165) is 54.3 Å². The number of carbonyl (C=O) groups is 2. The van der Waals surface area contributed by atoms with Gasteiger partial charge in [-0.25, -0.2) is 9.78 Å². The van der Waals surface area contributed by atoms with E-state index in [1.54, 1.807) is 0 Å². The summed E-state index contributed by atoms with van der Waals surface area (Å²) in [6.07, 6.45) is 9.15. The van der Waals surface area contributed by atoms with Crippen molar-refractivity contribution in [2.75, 3.05) is 38.5 Å². The van der Waals surface area contributed by atoms with Crippen LogP contribution in [0.1, 0.15) is 51.8 Å². The minimum atomic E-state index is -0.526. The van der Waals surface area contributed by atoms with Crippen molar-refractivity contribution in [3.63, 3.8) is 0 Å². The molecule has 1 aromatic carbocycles. The number of hydrogen-bond donors (Lipinski definition) is 1. The molecule has 47 heavy (non-hydrogen) atoms. The van der Waals surface area contributed by atoms with E-state index >= 15 is 0 Å². The van der Waals surface area contributed by atoms with Crippen molar-refractivity contribution in [2.24, 2.45) is 11.0 Å². The number of likely N-dealkylation sites (tertiary alicyclic amines) is 1. The van der Waals surface area contributed by atoms with E-state index in [1.165, 1.54) is 0 Å². The highest BCUT2D eigenvalue weighted by molar-refractivity contribution is 6.27. The van der Waals surface area contributed by atoms with Crippen LogP contribution in [-0.2, 0) is 9.53 Å². The van der Waals surface area contributed by atoms with Gasteiger partial charge in [0, 0.05) is 63.4 Å². The lowest BCUT2D eigenvalue weighted by Crippen LogP contribution is -2.49. The second-order valence-electron chi connectivity index (χ2n) is 13.6. The predicted octanol–water partition coefficient (Wildman–Crippen LogP) is 6.14. The summed E-state index contributed by atoms with van der Waals surface area (Å²) in [6.45, 7) is 14.5. The van der Waals surface area contributed by atoms with Crippen LogP contribution in [0.5, 0.6) is 11.5 Å². The Bertz CT molecular complexity index is 1780. The number of anilines is 1. The summed E-state index contributed by atoms with van der Waals surface area (Å²) in [4.78, 5) is 35.6. The maximum Gasteiger partial charge on any atom is 0.410 e. The molecular weight excluding hydrogens is 594 g/mol. The average Bonchev–Trinajstić information content (AvgIpc) is 3.59. The summed E-state index contributed by atoms with van der Waals surface area (Å²) in [5.41, 5.74) is 5.06. The Morgan fingerprint density at radius 2 is 1.81 bits per heavy atom. The minimum absolute atomic E-state index is 0.0193. The van der Waals surface area contributed by atoms with Gasteiger partial charge >= 0.3 is 6.09 Å². The molecule has 0 bridgehead atoms. The SMILES string of the molecule is CCN(C(=O)OC(C)(C)C)C1CCN(C2=CC=C(C(=O)Nc3cc(Oc4ccccc4C)c4nc(C)cn4c3)C3=NN(C)CC23)CC1. The van der Waals surface area contributed by atoms with Crippen LogP contribution in [0.15, 0.2) is 71.2 Å². The number of rotatable bonds is 7. The lowest BCUT2D eigenvalue weighted by atomic mass is 9.87. The lowest BCUT2D eigenvalue weighted by Gasteiger charge is -2.41. The first-order valence-corrected chi connectivity index (χ1v) is 16.4. The molecule has 248 valence electrons. The Balaban J connectivity index is 1.20. The number of hydrogen-bond acceptors (Lipinski definition) is 8. The second-order valence-corrected chi connectivity index (χ2v) is 13.6. The number of aryl methyl sites for hydroxylation is 2. The summed E-state index contributed by atoms with van der Waals surface area (Å²) in [5, 5.41) is 9.80. The summed E-state index contributed by atoms with van der Waals surface area (Å²) < 4.78 is 13.9. The van der Waals surface area contributed by atoms with Crippen molar-refractivity contribution in [2.45, 2.75) is 66.0 Å². The number of para-hydroxylation sites is 1. The van der Waals surface area contributed by atoms with Crippen LogP contribution < -0.4 is 10.1 Å². The van der Waals surface area contributed by atoms with Crippen molar-refractivity contribution >= 4 is 29.0 Å².